The Balaban J connectivity index is 2.48. The molecule has 0 spiro atoms. The van der Waals surface area contributed by atoms with Crippen LogP contribution in [0.25, 0.3) is 0 Å². The Morgan fingerprint density at radius 3 is 2.90 bits per heavy atom. The first-order valence-electron chi connectivity index (χ1n) is 4.00. The van der Waals surface area contributed by atoms with Crippen molar-refractivity contribution in [2.45, 2.75) is 32.6 Å². The van der Waals surface area contributed by atoms with Crippen LogP contribution in [0.1, 0.15) is 32.6 Å². The largest absolute Gasteiger partial charge is 0.0880 e. The highest BCUT2D eigenvalue weighted by molar-refractivity contribution is 14.1. The molecule has 0 heterocycles. The summed E-state index contributed by atoms with van der Waals surface area (Å²) in [4.78, 5) is 0. The van der Waals surface area contributed by atoms with Gasteiger partial charge >= 0.3 is 0 Å². The third-order valence-electron chi connectivity index (χ3n) is 2.30. The van der Waals surface area contributed by atoms with E-state index in [-0.39, 0.29) is 0 Å². The summed E-state index contributed by atoms with van der Waals surface area (Å²) in [7, 11) is 0. The number of rotatable bonds is 2. The summed E-state index contributed by atoms with van der Waals surface area (Å²) in [6.45, 7) is 2.38. The number of alkyl halides is 1. The summed E-state index contributed by atoms with van der Waals surface area (Å²) in [6, 6.07) is 0. The molecule has 0 unspecified atom stereocenters. The molecule has 58 valence electrons. The van der Waals surface area contributed by atoms with Crippen LogP contribution >= 0.6 is 22.6 Å². The number of halogens is 1. The van der Waals surface area contributed by atoms with Crippen molar-refractivity contribution in [2.75, 3.05) is 4.43 Å². The second kappa shape index (κ2) is 3.74. The highest BCUT2D eigenvalue weighted by Gasteiger charge is 2.21. The molecular formula is C9H15I. The lowest BCUT2D eigenvalue weighted by Crippen LogP contribution is -2.15. The number of hydrogen-bond donors (Lipinski definition) is 0. The third kappa shape index (κ3) is 2.26. The normalized spacial score (nSPS) is 32.6. The van der Waals surface area contributed by atoms with Crippen molar-refractivity contribution in [3.63, 3.8) is 0 Å². The first-order valence-corrected chi connectivity index (χ1v) is 5.53. The minimum Gasteiger partial charge on any atom is -0.0880 e. The molecule has 1 atom stereocenters. The van der Waals surface area contributed by atoms with Crippen molar-refractivity contribution >= 4 is 22.6 Å². The van der Waals surface area contributed by atoms with Crippen molar-refractivity contribution in [3.8, 4) is 0 Å². The molecule has 1 heteroatoms. The van der Waals surface area contributed by atoms with E-state index in [9.17, 15) is 0 Å². The standard InChI is InChI=1S/C9H15I/c1-9(7-8-10)5-3-2-4-6-9/h3,5H,2,4,6-8H2,1H3/t9-/m0/s1. The van der Waals surface area contributed by atoms with E-state index in [2.05, 4.69) is 41.7 Å². The molecule has 0 aromatic rings. The van der Waals surface area contributed by atoms with Gasteiger partial charge in [-0.25, -0.2) is 0 Å². The fourth-order valence-corrected chi connectivity index (χ4v) is 2.73. The Labute approximate surface area is 77.2 Å². The summed E-state index contributed by atoms with van der Waals surface area (Å²) in [5, 5.41) is 0. The predicted octanol–water partition coefficient (Wildman–Crippen LogP) is 3.56. The molecule has 0 aromatic heterocycles. The minimum atomic E-state index is 0.541. The Morgan fingerprint density at radius 1 is 1.60 bits per heavy atom. The SMILES string of the molecule is C[C@]1(CCI)C=CCCC1. The lowest BCUT2D eigenvalue weighted by Gasteiger charge is -2.27. The van der Waals surface area contributed by atoms with Gasteiger partial charge in [0.05, 0.1) is 0 Å². The second-order valence-corrected chi connectivity index (χ2v) is 4.47. The average Bonchev–Trinajstić information content (AvgIpc) is 1.89. The van der Waals surface area contributed by atoms with Crippen LogP contribution in [-0.2, 0) is 0 Å². The zero-order valence-electron chi connectivity index (χ0n) is 6.57. The van der Waals surface area contributed by atoms with Gasteiger partial charge in [0.2, 0.25) is 0 Å². The highest BCUT2D eigenvalue weighted by Crippen LogP contribution is 2.34. The summed E-state index contributed by atoms with van der Waals surface area (Å²) in [6.07, 6.45) is 10.2. The maximum absolute atomic E-state index is 2.47. The van der Waals surface area contributed by atoms with Crippen molar-refractivity contribution in [3.05, 3.63) is 12.2 Å². The van der Waals surface area contributed by atoms with Crippen molar-refractivity contribution in [1.82, 2.24) is 0 Å². The number of allylic oxidation sites excluding steroid dienone is 2. The van der Waals surface area contributed by atoms with E-state index in [0.29, 0.717) is 5.41 Å². The lowest BCUT2D eigenvalue weighted by molar-refractivity contribution is 0.357. The zero-order valence-corrected chi connectivity index (χ0v) is 8.73. The minimum absolute atomic E-state index is 0.541. The van der Waals surface area contributed by atoms with Crippen LogP contribution in [0.15, 0.2) is 12.2 Å². The molecule has 1 aliphatic carbocycles. The molecule has 1 rings (SSSR count). The molecule has 0 aromatic carbocycles. The van der Waals surface area contributed by atoms with Crippen LogP contribution < -0.4 is 0 Å². The molecule has 0 N–H and O–H groups in total. The van der Waals surface area contributed by atoms with E-state index < -0.39 is 0 Å². The Hall–Kier alpha value is 0.470. The molecule has 0 saturated carbocycles. The van der Waals surface area contributed by atoms with Gasteiger partial charge in [-0.2, -0.15) is 0 Å². The van der Waals surface area contributed by atoms with Crippen molar-refractivity contribution in [2.24, 2.45) is 5.41 Å². The predicted molar refractivity (Wildman–Crippen MR) is 54.6 cm³/mol. The van der Waals surface area contributed by atoms with Gasteiger partial charge in [0.1, 0.15) is 0 Å². The molecule has 0 amide bonds. The van der Waals surface area contributed by atoms with E-state index >= 15 is 0 Å². The van der Waals surface area contributed by atoms with E-state index in [4.69, 9.17) is 0 Å². The van der Waals surface area contributed by atoms with Crippen LogP contribution in [0.5, 0.6) is 0 Å². The second-order valence-electron chi connectivity index (χ2n) is 3.39. The summed E-state index contributed by atoms with van der Waals surface area (Å²) in [5.41, 5.74) is 0.541. The highest BCUT2D eigenvalue weighted by atomic mass is 127. The Bertz CT molecular complexity index is 129. The number of hydrogen-bond acceptors (Lipinski definition) is 0. The molecule has 0 saturated heterocycles. The van der Waals surface area contributed by atoms with Crippen LogP contribution in [0.3, 0.4) is 0 Å². The van der Waals surface area contributed by atoms with Gasteiger partial charge in [0, 0.05) is 4.43 Å². The first-order chi connectivity index (χ1) is 4.77. The van der Waals surface area contributed by atoms with Gasteiger partial charge in [-0.3, -0.25) is 0 Å². The van der Waals surface area contributed by atoms with Gasteiger partial charge < -0.3 is 0 Å². The Kier molecular flexibility index (Phi) is 3.21. The van der Waals surface area contributed by atoms with Gasteiger partial charge in [0.25, 0.3) is 0 Å². The Morgan fingerprint density at radius 2 is 2.40 bits per heavy atom. The van der Waals surface area contributed by atoms with Gasteiger partial charge in [-0.05, 0) is 31.1 Å². The summed E-state index contributed by atoms with van der Waals surface area (Å²) in [5.74, 6) is 0. The lowest BCUT2D eigenvalue weighted by atomic mass is 9.79. The van der Waals surface area contributed by atoms with Gasteiger partial charge in [0.15, 0.2) is 0 Å². The summed E-state index contributed by atoms with van der Waals surface area (Å²) < 4.78 is 1.29. The smallest absolute Gasteiger partial charge is 0.000343 e. The maximum atomic E-state index is 2.47. The molecule has 1 aliphatic rings. The van der Waals surface area contributed by atoms with Crippen LogP contribution in [0.2, 0.25) is 0 Å². The van der Waals surface area contributed by atoms with Crippen LogP contribution in [0.4, 0.5) is 0 Å². The molecule has 0 fully saturated rings. The van der Waals surface area contributed by atoms with Crippen LogP contribution in [-0.4, -0.2) is 4.43 Å². The van der Waals surface area contributed by atoms with Crippen molar-refractivity contribution in [1.29, 1.82) is 0 Å². The van der Waals surface area contributed by atoms with E-state index in [0.717, 1.165) is 0 Å². The monoisotopic (exact) mass is 250 g/mol. The van der Waals surface area contributed by atoms with Gasteiger partial charge in [-0.15, -0.1) is 0 Å². The molecule has 0 aliphatic heterocycles. The first kappa shape index (κ1) is 8.57. The van der Waals surface area contributed by atoms with Crippen LogP contribution in [0, 0.1) is 5.41 Å². The van der Waals surface area contributed by atoms with E-state index in [1.54, 1.807) is 0 Å². The molecule has 0 nitrogen and oxygen atoms in total. The van der Waals surface area contributed by atoms with Gasteiger partial charge in [-0.1, -0.05) is 41.7 Å². The molecule has 10 heavy (non-hydrogen) atoms. The third-order valence-corrected chi connectivity index (χ3v) is 2.84. The molecular weight excluding hydrogens is 235 g/mol. The maximum Gasteiger partial charge on any atom is 0.000343 e. The topological polar surface area (TPSA) is 0 Å². The fourth-order valence-electron chi connectivity index (χ4n) is 1.50. The van der Waals surface area contributed by atoms with E-state index in [1.807, 2.05) is 0 Å². The van der Waals surface area contributed by atoms with E-state index in [1.165, 1.54) is 30.1 Å². The molecule has 0 bridgehead atoms. The van der Waals surface area contributed by atoms with Crippen molar-refractivity contribution < 1.29 is 0 Å². The quantitative estimate of drug-likeness (QED) is 0.399. The zero-order chi connectivity index (χ0) is 7.45. The summed E-state index contributed by atoms with van der Waals surface area (Å²) >= 11 is 2.47. The average molecular weight is 250 g/mol. The fraction of sp³-hybridized carbons (Fsp3) is 0.778. The molecule has 0 radical (unpaired) electrons.